The summed E-state index contributed by atoms with van der Waals surface area (Å²) in [7, 11) is 0. The molecule has 0 aliphatic rings. The molecule has 2 atom stereocenters. The maximum atomic E-state index is 13.0. The Hall–Kier alpha value is -2.02. The van der Waals surface area contributed by atoms with E-state index in [-0.39, 0.29) is 34.4 Å². The first-order valence-corrected chi connectivity index (χ1v) is 11.4. The maximum Gasteiger partial charge on any atom is 0.387 e. The minimum absolute atomic E-state index is 0.00413. The minimum Gasteiger partial charge on any atom is -0.591 e. The Morgan fingerprint density at radius 2 is 2.06 bits per heavy atom. The highest BCUT2D eigenvalue weighted by molar-refractivity contribution is 9.10. The topological polar surface area (TPSA) is 113 Å². The average Bonchev–Trinajstić information content (AvgIpc) is 2.66. The molecule has 0 saturated heterocycles. The molecule has 0 spiro atoms. The van der Waals surface area contributed by atoms with Gasteiger partial charge in [-0.3, -0.25) is 10.1 Å². The van der Waals surface area contributed by atoms with Crippen molar-refractivity contribution in [2.24, 2.45) is 4.40 Å². The van der Waals surface area contributed by atoms with Crippen LogP contribution in [0.5, 0.6) is 5.75 Å². The molecule has 1 aromatic carbocycles. The van der Waals surface area contributed by atoms with Crippen LogP contribution < -0.4 is 10.1 Å². The molecule has 2 unspecified atom stereocenters. The second kappa shape index (κ2) is 11.2. The van der Waals surface area contributed by atoms with Crippen molar-refractivity contribution in [3.63, 3.8) is 0 Å². The Bertz CT molecular complexity index is 994. The Labute approximate surface area is 200 Å². The lowest BCUT2D eigenvalue weighted by Gasteiger charge is -2.23. The highest BCUT2D eigenvalue weighted by Crippen LogP contribution is 2.38. The lowest BCUT2D eigenvalue weighted by molar-refractivity contribution is -0.384. The first-order chi connectivity index (χ1) is 14.9. The zero-order valence-electron chi connectivity index (χ0n) is 17.2. The van der Waals surface area contributed by atoms with E-state index in [1.165, 1.54) is 30.5 Å². The van der Waals surface area contributed by atoms with Crippen molar-refractivity contribution in [1.82, 2.24) is 4.98 Å². The Balaban J connectivity index is 2.52. The molecule has 8 nitrogen and oxygen atoms in total. The summed E-state index contributed by atoms with van der Waals surface area (Å²) in [6.45, 7) is 2.15. The van der Waals surface area contributed by atoms with Gasteiger partial charge in [0.05, 0.1) is 17.2 Å². The van der Waals surface area contributed by atoms with Crippen LogP contribution in [0.15, 0.2) is 39.2 Å². The Kier molecular flexibility index (Phi) is 9.19. The third-order valence-corrected chi connectivity index (χ3v) is 6.25. The monoisotopic (exact) mass is 552 g/mol. The van der Waals surface area contributed by atoms with Crippen LogP contribution >= 0.6 is 27.5 Å². The fraction of sp³-hybridized carbons (Fsp3) is 0.368. The van der Waals surface area contributed by atoms with Crippen LogP contribution in [0.25, 0.3) is 0 Å². The van der Waals surface area contributed by atoms with Gasteiger partial charge in [0.25, 0.3) is 0 Å². The van der Waals surface area contributed by atoms with Crippen molar-refractivity contribution in [3.8, 4) is 5.75 Å². The molecule has 13 heteroatoms. The minimum atomic E-state index is -3.09. The molecule has 1 N–H and O–H groups in total. The normalized spacial score (nSPS) is 13.9. The van der Waals surface area contributed by atoms with Gasteiger partial charge in [-0.2, -0.15) is 8.78 Å². The van der Waals surface area contributed by atoms with Crippen LogP contribution in [0.2, 0.25) is 5.15 Å². The number of nitrogens with zero attached hydrogens (tertiary/aromatic N) is 3. The van der Waals surface area contributed by atoms with Gasteiger partial charge in [0.2, 0.25) is 5.82 Å². The molecule has 32 heavy (non-hydrogen) atoms. The van der Waals surface area contributed by atoms with Crippen molar-refractivity contribution in [1.29, 1.82) is 0 Å². The summed E-state index contributed by atoms with van der Waals surface area (Å²) in [5.74, 6) is -0.321. The largest absolute Gasteiger partial charge is 0.591 e. The Morgan fingerprint density at radius 3 is 2.66 bits per heavy atom. The second-order valence-electron chi connectivity index (χ2n) is 7.37. The van der Waals surface area contributed by atoms with Crippen LogP contribution in [0.1, 0.15) is 38.8 Å². The SMILES string of the molecule is CC(C)(C)[S+]([O-])N=CCC(Nc1nc(Cl)ccc1[N+](=O)[O-])c1c(Br)cccc1OC(F)F. The van der Waals surface area contributed by atoms with E-state index in [2.05, 4.69) is 35.4 Å². The molecule has 174 valence electrons. The molecular formula is C19H20BrClF2N4O4S. The summed E-state index contributed by atoms with van der Waals surface area (Å²) in [5.41, 5.74) is -0.116. The number of hydrogen-bond acceptors (Lipinski definition) is 7. The van der Waals surface area contributed by atoms with Crippen LogP contribution in [0, 0.1) is 10.1 Å². The predicted octanol–water partition coefficient (Wildman–Crippen LogP) is 6.08. The van der Waals surface area contributed by atoms with Crippen molar-refractivity contribution >= 4 is 56.6 Å². The zero-order chi connectivity index (χ0) is 24.1. The van der Waals surface area contributed by atoms with Gasteiger partial charge in [0.1, 0.15) is 27.0 Å². The molecule has 0 fully saturated rings. The van der Waals surface area contributed by atoms with E-state index in [1.54, 1.807) is 26.8 Å². The van der Waals surface area contributed by atoms with Gasteiger partial charge in [-0.15, -0.1) is 0 Å². The van der Waals surface area contributed by atoms with Crippen LogP contribution in [0.4, 0.5) is 20.3 Å². The molecule has 0 amide bonds. The lowest BCUT2D eigenvalue weighted by Crippen LogP contribution is -2.26. The van der Waals surface area contributed by atoms with Gasteiger partial charge in [-0.25, -0.2) is 4.98 Å². The van der Waals surface area contributed by atoms with Crippen molar-refractivity contribution in [2.75, 3.05) is 5.32 Å². The first kappa shape index (κ1) is 26.2. The zero-order valence-corrected chi connectivity index (χ0v) is 20.4. The summed E-state index contributed by atoms with van der Waals surface area (Å²) in [6.07, 6.45) is 1.39. The smallest absolute Gasteiger partial charge is 0.387 e. The molecule has 2 aromatic rings. The third-order valence-electron chi connectivity index (χ3n) is 3.96. The number of nitro groups is 1. The van der Waals surface area contributed by atoms with E-state index >= 15 is 0 Å². The van der Waals surface area contributed by atoms with E-state index in [0.29, 0.717) is 4.47 Å². The molecule has 0 aliphatic carbocycles. The third kappa shape index (κ3) is 7.26. The van der Waals surface area contributed by atoms with Crippen LogP contribution in [-0.4, -0.2) is 32.0 Å². The number of aromatic nitrogens is 1. The number of rotatable bonds is 9. The van der Waals surface area contributed by atoms with E-state index in [1.807, 2.05) is 0 Å². The quantitative estimate of drug-likeness (QED) is 0.132. The number of pyridine rings is 1. The van der Waals surface area contributed by atoms with E-state index in [9.17, 15) is 23.4 Å². The maximum absolute atomic E-state index is 13.0. The molecule has 0 bridgehead atoms. The highest BCUT2D eigenvalue weighted by Gasteiger charge is 2.28. The van der Waals surface area contributed by atoms with Gasteiger partial charge in [0.15, 0.2) is 0 Å². The Morgan fingerprint density at radius 1 is 1.38 bits per heavy atom. The molecule has 0 aliphatic heterocycles. The summed E-state index contributed by atoms with van der Waals surface area (Å²) in [6, 6.07) is 6.01. The average molecular weight is 554 g/mol. The predicted molar refractivity (Wildman–Crippen MR) is 124 cm³/mol. The molecule has 2 rings (SSSR count). The first-order valence-electron chi connectivity index (χ1n) is 9.15. The molecule has 1 heterocycles. The fourth-order valence-corrected chi connectivity index (χ4v) is 3.83. The van der Waals surface area contributed by atoms with Crippen molar-refractivity contribution in [3.05, 3.63) is 55.6 Å². The van der Waals surface area contributed by atoms with Gasteiger partial charge >= 0.3 is 12.3 Å². The van der Waals surface area contributed by atoms with Crippen LogP contribution in [0.3, 0.4) is 0 Å². The number of anilines is 1. The molecular weight excluding hydrogens is 534 g/mol. The number of benzene rings is 1. The van der Waals surface area contributed by atoms with E-state index < -0.39 is 33.7 Å². The standard InChI is InChI=1S/C19H20BrClF2N4O4S/c1-19(2,3)32(30)24-10-9-12(16-11(20)5-4-6-14(16)31-18(22)23)25-17-13(27(28)29)7-8-15(21)26-17/h4-8,10,12,18H,9H2,1-3H3,(H,25,26). The molecule has 0 radical (unpaired) electrons. The highest BCUT2D eigenvalue weighted by atomic mass is 79.9. The second-order valence-corrected chi connectivity index (χ2v) is 10.5. The van der Waals surface area contributed by atoms with E-state index in [0.717, 1.165) is 0 Å². The fourth-order valence-electron chi connectivity index (χ4n) is 2.52. The number of hydrogen-bond donors (Lipinski definition) is 1. The number of halogens is 4. The van der Waals surface area contributed by atoms with Crippen molar-refractivity contribution < 1.29 is 23.0 Å². The summed E-state index contributed by atoms with van der Waals surface area (Å²) < 4.78 is 46.7. The van der Waals surface area contributed by atoms with Crippen molar-refractivity contribution in [2.45, 2.75) is 44.6 Å². The van der Waals surface area contributed by atoms with Gasteiger partial charge in [-0.05, 0) is 39.0 Å². The summed E-state index contributed by atoms with van der Waals surface area (Å²) in [4.78, 5) is 14.7. The number of nitrogens with one attached hydrogen (secondary N) is 1. The summed E-state index contributed by atoms with van der Waals surface area (Å²) in [5, 5.41) is 14.3. The number of ether oxygens (including phenoxy) is 1. The number of alkyl halides is 2. The van der Waals surface area contributed by atoms with Crippen LogP contribution in [-0.2, 0) is 11.4 Å². The van der Waals surface area contributed by atoms with E-state index in [4.69, 9.17) is 11.6 Å². The summed E-state index contributed by atoms with van der Waals surface area (Å²) >= 11 is 7.66. The molecule has 1 aromatic heterocycles. The lowest BCUT2D eigenvalue weighted by atomic mass is 10.0. The van der Waals surface area contributed by atoms with Gasteiger partial charge in [0, 0.05) is 22.5 Å². The van der Waals surface area contributed by atoms with Gasteiger partial charge < -0.3 is 14.6 Å². The molecule has 0 saturated carbocycles. The van der Waals surface area contributed by atoms with Gasteiger partial charge in [-0.1, -0.05) is 38.0 Å².